The Balaban J connectivity index is 0.815. The second kappa shape index (κ2) is 21.7. The fourth-order valence-electron chi connectivity index (χ4n) is 11.5. The third kappa shape index (κ3) is 12.4. The number of thioether (sulfide) groups is 1. The van der Waals surface area contributed by atoms with Crippen molar-refractivity contribution in [1.82, 2.24) is 30.2 Å². The molecular formula is C43H64N7O18P3S. The van der Waals surface area contributed by atoms with E-state index in [1.54, 1.807) is 0 Å². The molecule has 3 heterocycles. The summed E-state index contributed by atoms with van der Waals surface area (Å²) < 4.78 is 62.7. The molecule has 29 heteroatoms. The molecule has 5 aliphatic rings. The lowest BCUT2D eigenvalue weighted by Crippen LogP contribution is -2.49. The fraction of sp³-hybridized carbons (Fsp3) is 0.698. The van der Waals surface area contributed by atoms with Crippen LogP contribution in [-0.4, -0.2) is 128 Å². The molecule has 25 nitrogen and oxygen atoms in total. The molecular weight excluding hydrogens is 1030 g/mol. The summed E-state index contributed by atoms with van der Waals surface area (Å²) in [6.45, 7) is 7.08. The normalized spacial score (nSPS) is 31.3. The number of imidazole rings is 1. The average molecular weight is 1090 g/mol. The van der Waals surface area contributed by atoms with E-state index in [2.05, 4.69) is 48.3 Å². The number of nitrogens with zero attached hydrogens (tertiary/aromatic N) is 4. The van der Waals surface area contributed by atoms with Crippen molar-refractivity contribution in [1.29, 1.82) is 0 Å². The van der Waals surface area contributed by atoms with Gasteiger partial charge >= 0.3 is 23.5 Å². The molecule has 2 amide bonds. The highest BCUT2D eigenvalue weighted by molar-refractivity contribution is 8.14. The van der Waals surface area contributed by atoms with E-state index in [4.69, 9.17) is 19.5 Å². The molecule has 2 aromatic rings. The van der Waals surface area contributed by atoms with Crippen molar-refractivity contribution < 1.29 is 85.3 Å². The van der Waals surface area contributed by atoms with E-state index in [-0.39, 0.29) is 58.2 Å². The van der Waals surface area contributed by atoms with Crippen LogP contribution in [0.1, 0.15) is 98.6 Å². The first kappa shape index (κ1) is 56.4. The maximum absolute atomic E-state index is 13.5. The van der Waals surface area contributed by atoms with E-state index in [1.807, 2.05) is 13.0 Å². The number of hydrogen-bond acceptors (Lipinski definition) is 19. The lowest BCUT2D eigenvalue weighted by Gasteiger charge is -2.57. The number of phosphoric ester groups is 3. The van der Waals surface area contributed by atoms with Crippen molar-refractivity contribution in [2.24, 2.45) is 34.0 Å². The Morgan fingerprint density at radius 1 is 0.972 bits per heavy atom. The van der Waals surface area contributed by atoms with E-state index >= 15 is 0 Å². The number of ether oxygens (including phenoxy) is 1. The zero-order valence-electron chi connectivity index (χ0n) is 40.4. The number of ketones is 1. The predicted molar refractivity (Wildman–Crippen MR) is 257 cm³/mol. The summed E-state index contributed by atoms with van der Waals surface area (Å²) in [5.74, 6) is 0.739. The number of phosphoric acid groups is 3. The first-order valence-corrected chi connectivity index (χ1v) is 29.1. The van der Waals surface area contributed by atoms with Crippen LogP contribution in [0.5, 0.6) is 0 Å². The molecule has 0 spiro atoms. The number of anilines is 1. The molecule has 2 unspecified atom stereocenters. The molecule has 7 rings (SSSR count). The van der Waals surface area contributed by atoms with Gasteiger partial charge < -0.3 is 50.9 Å². The van der Waals surface area contributed by atoms with E-state index in [0.29, 0.717) is 29.9 Å². The van der Waals surface area contributed by atoms with Gasteiger partial charge in [-0.2, -0.15) is 4.31 Å². The lowest BCUT2D eigenvalue weighted by molar-refractivity contribution is -0.137. The molecule has 3 saturated carbocycles. The van der Waals surface area contributed by atoms with Gasteiger partial charge in [0, 0.05) is 42.7 Å². The molecule has 10 N–H and O–H groups in total. The van der Waals surface area contributed by atoms with Crippen molar-refractivity contribution in [3.8, 4) is 0 Å². The van der Waals surface area contributed by atoms with E-state index in [0.717, 1.165) is 79.5 Å². The van der Waals surface area contributed by atoms with Crippen LogP contribution in [-0.2, 0) is 55.5 Å². The summed E-state index contributed by atoms with van der Waals surface area (Å²) in [5, 5.41) is 26.8. The monoisotopic (exact) mass is 1090 g/mol. The molecule has 0 bridgehead atoms. The quantitative estimate of drug-likeness (QED) is 0.0520. The number of rotatable bonds is 20. The molecule has 12 atom stereocenters. The lowest BCUT2D eigenvalue weighted by atomic mass is 9.47. The van der Waals surface area contributed by atoms with Crippen LogP contribution >= 0.6 is 35.2 Å². The second-order valence-electron chi connectivity index (χ2n) is 20.3. The average Bonchev–Trinajstić information content (AvgIpc) is 3.98. The minimum absolute atomic E-state index is 0.0215. The molecule has 4 aliphatic carbocycles. The Bertz CT molecular complexity index is 2650. The van der Waals surface area contributed by atoms with Crippen LogP contribution in [0, 0.1) is 34.0 Å². The van der Waals surface area contributed by atoms with Crippen molar-refractivity contribution >= 4 is 74.9 Å². The van der Waals surface area contributed by atoms with Gasteiger partial charge in [-0.25, -0.2) is 28.6 Å². The number of fused-ring (bicyclic) bond motifs is 6. The third-order valence-corrected chi connectivity index (χ3v) is 19.3. The summed E-state index contributed by atoms with van der Waals surface area (Å²) in [6, 6.07) is 0. The zero-order chi connectivity index (χ0) is 52.8. The smallest absolute Gasteiger partial charge is 0.386 e. The molecule has 72 heavy (non-hydrogen) atoms. The van der Waals surface area contributed by atoms with Gasteiger partial charge in [-0.1, -0.05) is 50.6 Å². The Labute approximate surface area is 419 Å². The number of carbonyl (C=O) groups is 4. The second-order valence-corrected chi connectivity index (χ2v) is 25.6. The number of allylic oxidation sites excluding steroid dienone is 2. The number of amides is 2. The number of aliphatic hydroxyl groups is 2. The molecule has 4 fully saturated rings. The molecule has 0 aromatic carbocycles. The summed E-state index contributed by atoms with van der Waals surface area (Å²) in [7, 11) is -16.5. The Morgan fingerprint density at radius 3 is 2.40 bits per heavy atom. The number of hydrogen-bond donors (Lipinski definition) is 9. The standard InChI is InChI=1S/C43H64N7O18P3S/c1-23(27-8-9-28-26-7-6-24-18-25(51)10-13-42(24,4)29(26)11-14-43(27,28)5)40(56)72-17-16-45-31(52)12-15-46-38(55)35(54)41(2,3)20-65-71(62,63)68-70(60,61)64-19-30-34(67-69(57,58)59)33(53)39(66-30)50-22-49-32-36(44)47-21-48-37(32)50/h18,21-22,26,28-30,33-35,39,53-54H,6-17,19-20H2,1-5H3,(H,45,52)(H,46,55)(H,60,61)(H,62,63)(H2,44,47,48)(H2,57,58,59)/b27-23+/t26-,28-,29-,30+,33+,34+,35-,39+,42-,43+/m0/s1. The van der Waals surface area contributed by atoms with Gasteiger partial charge in [-0.3, -0.25) is 37.3 Å². The van der Waals surface area contributed by atoms with Crippen LogP contribution < -0.4 is 16.4 Å². The highest BCUT2D eigenvalue weighted by Crippen LogP contribution is 2.67. The zero-order valence-corrected chi connectivity index (χ0v) is 43.9. The van der Waals surface area contributed by atoms with E-state index in [1.165, 1.54) is 25.0 Å². The maximum atomic E-state index is 13.5. The Morgan fingerprint density at radius 2 is 1.68 bits per heavy atom. The number of aliphatic hydroxyl groups excluding tert-OH is 2. The number of nitrogens with one attached hydrogen (secondary N) is 2. The Hall–Kier alpha value is -3.29. The molecule has 1 aliphatic heterocycles. The van der Waals surface area contributed by atoms with Crippen molar-refractivity contribution in [2.75, 3.05) is 37.8 Å². The molecule has 0 radical (unpaired) electrons. The first-order chi connectivity index (χ1) is 33.6. The summed E-state index contributed by atoms with van der Waals surface area (Å²) >= 11 is 1.14. The van der Waals surface area contributed by atoms with E-state index in [9.17, 15) is 62.7 Å². The predicted octanol–water partition coefficient (Wildman–Crippen LogP) is 3.51. The molecule has 400 valence electrons. The van der Waals surface area contributed by atoms with Gasteiger partial charge in [0.15, 0.2) is 23.5 Å². The van der Waals surface area contributed by atoms with Crippen LogP contribution in [0.25, 0.3) is 11.2 Å². The minimum Gasteiger partial charge on any atom is -0.386 e. The molecule has 2 aromatic heterocycles. The van der Waals surface area contributed by atoms with E-state index < -0.39 is 84.6 Å². The highest BCUT2D eigenvalue weighted by atomic mass is 32.2. The Kier molecular flexibility index (Phi) is 17.0. The van der Waals surface area contributed by atoms with Crippen LogP contribution in [0.4, 0.5) is 5.82 Å². The third-order valence-electron chi connectivity index (χ3n) is 15.2. The van der Waals surface area contributed by atoms with Gasteiger partial charge in [-0.05, 0) is 86.5 Å². The minimum atomic E-state index is -5.59. The summed E-state index contributed by atoms with van der Waals surface area (Å²) in [5.41, 5.74) is 7.66. The number of aromatic nitrogens is 4. The topological polar surface area (TPSA) is 381 Å². The fourth-order valence-corrected chi connectivity index (χ4v) is 15.1. The van der Waals surface area contributed by atoms with Gasteiger partial charge in [0.1, 0.15) is 36.3 Å². The van der Waals surface area contributed by atoms with Crippen LogP contribution in [0.2, 0.25) is 0 Å². The van der Waals surface area contributed by atoms with Crippen LogP contribution in [0.15, 0.2) is 35.4 Å². The number of nitrogens with two attached hydrogens (primary N) is 1. The maximum Gasteiger partial charge on any atom is 0.481 e. The highest BCUT2D eigenvalue weighted by Gasteiger charge is 2.58. The first-order valence-electron chi connectivity index (χ1n) is 23.6. The summed E-state index contributed by atoms with van der Waals surface area (Å²) in [6.07, 6.45) is 2.58. The number of carbonyl (C=O) groups excluding carboxylic acids is 4. The SMILES string of the molecule is C/C(C(=O)SCCNC(=O)CCNC(=O)[C@H](O)C(C)(C)COP(=O)(O)OP(=O)(O)OC[C@H]1O[C@@H](n2cnc3c(N)ncnc32)[C@H](O)[C@@H]1OP(=O)(O)O)=C1/CC[C@H]2[C@@H]3CCC4=CC(=O)CC[C@]4(C)[C@H]3CC[C@]12C. The molecule has 1 saturated heterocycles. The van der Waals surface area contributed by atoms with Crippen molar-refractivity contribution in [3.63, 3.8) is 0 Å². The van der Waals surface area contributed by atoms with Gasteiger partial charge in [0.25, 0.3) is 0 Å². The van der Waals surface area contributed by atoms with Crippen molar-refractivity contribution in [2.45, 2.75) is 123 Å². The van der Waals surface area contributed by atoms with Gasteiger partial charge in [0.2, 0.25) is 16.9 Å². The number of nitrogen functional groups attached to an aromatic ring is 1. The summed E-state index contributed by atoms with van der Waals surface area (Å²) in [4.78, 5) is 103. The van der Waals surface area contributed by atoms with Gasteiger partial charge in [-0.15, -0.1) is 0 Å². The van der Waals surface area contributed by atoms with Crippen molar-refractivity contribution in [3.05, 3.63) is 35.4 Å². The largest absolute Gasteiger partial charge is 0.481 e. The van der Waals surface area contributed by atoms with Gasteiger partial charge in [0.05, 0.1) is 19.5 Å². The van der Waals surface area contributed by atoms with Crippen LogP contribution in [0.3, 0.4) is 0 Å².